The molecule has 2 aliphatic rings. The van der Waals surface area contributed by atoms with Gasteiger partial charge >= 0.3 is 6.09 Å². The average molecular weight is 628 g/mol. The fourth-order valence-electron chi connectivity index (χ4n) is 6.34. The summed E-state index contributed by atoms with van der Waals surface area (Å²) in [5.41, 5.74) is -0.243. The molecule has 1 spiro atoms. The summed E-state index contributed by atoms with van der Waals surface area (Å²) >= 11 is 0. The molecule has 1 saturated heterocycles. The highest BCUT2D eigenvalue weighted by molar-refractivity contribution is 5.98. The molecule has 8 nitrogen and oxygen atoms in total. The van der Waals surface area contributed by atoms with Gasteiger partial charge in [-0.3, -0.25) is 9.59 Å². The molecule has 1 aliphatic heterocycles. The van der Waals surface area contributed by atoms with Crippen LogP contribution in [0.1, 0.15) is 54.7 Å². The number of carbonyl (C=O) groups excluding carboxylic acids is 2. The van der Waals surface area contributed by atoms with Gasteiger partial charge < -0.3 is 25.8 Å². The zero-order valence-corrected chi connectivity index (χ0v) is 24.3. The Morgan fingerprint density at radius 1 is 1.00 bits per heavy atom. The minimum atomic E-state index is -1.67. The first-order chi connectivity index (χ1) is 21.5. The zero-order chi connectivity index (χ0) is 32.1. The van der Waals surface area contributed by atoms with Gasteiger partial charge in [-0.1, -0.05) is 18.2 Å². The quantitative estimate of drug-likeness (QED) is 0.235. The molecule has 2 fully saturated rings. The molecule has 238 valence electrons. The molecule has 1 saturated carbocycles. The highest BCUT2D eigenvalue weighted by atomic mass is 19.1. The van der Waals surface area contributed by atoms with Crippen LogP contribution in [-0.4, -0.2) is 53.7 Å². The van der Waals surface area contributed by atoms with Gasteiger partial charge in [-0.2, -0.15) is 0 Å². The normalized spacial score (nSPS) is 21.2. The van der Waals surface area contributed by atoms with Crippen molar-refractivity contribution in [1.82, 2.24) is 10.6 Å². The predicted molar refractivity (Wildman–Crippen MR) is 157 cm³/mol. The van der Waals surface area contributed by atoms with Gasteiger partial charge in [0.15, 0.2) is 0 Å². The number of hydrogen-bond donors (Lipinski definition) is 4. The third-order valence-electron chi connectivity index (χ3n) is 8.30. The van der Waals surface area contributed by atoms with E-state index in [0.29, 0.717) is 38.4 Å². The van der Waals surface area contributed by atoms with Gasteiger partial charge in [-0.25, -0.2) is 22.4 Å². The standard InChI is InChI=1S/C33H33F4N3O5/c34-21-8-6-19(7-9-21)29(20-13-22(35)15-23(36)14-20)30(40-32(43)44)31(42)39-28-5-1-4-27(37)26(28)11-10-25-17-38-18-33(45-25)12-2-3-24(41)16-33/h1,4-9,13-15,25,29-30,38,40H,2-3,10-12,16-18H2,(H,39,42)(H,43,44)/t25-,29+,30+,33?/m1/s1. The molecule has 2 amide bonds. The van der Waals surface area contributed by atoms with Crippen LogP contribution >= 0.6 is 0 Å². The molecule has 1 heterocycles. The monoisotopic (exact) mass is 627 g/mol. The number of ketones is 1. The van der Waals surface area contributed by atoms with Gasteiger partial charge in [-0.05, 0) is 73.2 Å². The van der Waals surface area contributed by atoms with E-state index in [0.717, 1.165) is 37.1 Å². The van der Waals surface area contributed by atoms with Crippen molar-refractivity contribution in [3.63, 3.8) is 0 Å². The first-order valence-electron chi connectivity index (χ1n) is 14.7. The Morgan fingerprint density at radius 2 is 1.73 bits per heavy atom. The second-order valence-electron chi connectivity index (χ2n) is 11.6. The van der Waals surface area contributed by atoms with Gasteiger partial charge in [0.1, 0.15) is 35.1 Å². The lowest BCUT2D eigenvalue weighted by Crippen LogP contribution is -2.56. The van der Waals surface area contributed by atoms with Crippen molar-refractivity contribution in [3.05, 3.63) is 101 Å². The van der Waals surface area contributed by atoms with Crippen molar-refractivity contribution >= 4 is 23.5 Å². The fraction of sp³-hybridized carbons (Fsp3) is 0.364. The molecule has 4 atom stereocenters. The van der Waals surface area contributed by atoms with Crippen LogP contribution in [0.25, 0.3) is 0 Å². The molecule has 3 aromatic carbocycles. The highest BCUT2D eigenvalue weighted by Gasteiger charge is 2.41. The van der Waals surface area contributed by atoms with Crippen molar-refractivity contribution in [2.24, 2.45) is 0 Å². The number of ether oxygens (including phenoxy) is 1. The number of benzene rings is 3. The SMILES string of the molecule is O=C1CCCC2(CNC[C@@H](CCc3c(F)cccc3NC(=O)[C@@H](NC(=O)O)[C@@H](c3ccc(F)cc3)c3cc(F)cc(F)c3)O2)C1. The summed E-state index contributed by atoms with van der Waals surface area (Å²) in [6.45, 7) is 1.05. The van der Waals surface area contributed by atoms with Gasteiger partial charge in [0, 0.05) is 49.2 Å². The maximum absolute atomic E-state index is 15.2. The second kappa shape index (κ2) is 13.8. The van der Waals surface area contributed by atoms with Crippen molar-refractivity contribution in [2.45, 2.75) is 62.2 Å². The predicted octanol–water partition coefficient (Wildman–Crippen LogP) is 5.45. The summed E-state index contributed by atoms with van der Waals surface area (Å²) in [4.78, 5) is 37.8. The van der Waals surface area contributed by atoms with Crippen LogP contribution in [0.2, 0.25) is 0 Å². The number of nitrogens with one attached hydrogen (secondary N) is 3. The largest absolute Gasteiger partial charge is 0.465 e. The van der Waals surface area contributed by atoms with E-state index in [4.69, 9.17) is 4.74 Å². The van der Waals surface area contributed by atoms with E-state index in [2.05, 4.69) is 16.0 Å². The van der Waals surface area contributed by atoms with E-state index in [1.165, 1.54) is 30.3 Å². The number of rotatable bonds is 9. The van der Waals surface area contributed by atoms with Crippen LogP contribution in [0.3, 0.4) is 0 Å². The first-order valence-corrected chi connectivity index (χ1v) is 14.7. The first kappa shape index (κ1) is 32.1. The molecule has 5 rings (SSSR count). The molecule has 1 aliphatic carbocycles. The van der Waals surface area contributed by atoms with Crippen LogP contribution in [0.15, 0.2) is 60.7 Å². The van der Waals surface area contributed by atoms with Gasteiger partial charge in [0.2, 0.25) is 5.91 Å². The topological polar surface area (TPSA) is 117 Å². The van der Waals surface area contributed by atoms with Crippen LogP contribution < -0.4 is 16.0 Å². The van der Waals surface area contributed by atoms with E-state index in [9.17, 15) is 32.7 Å². The summed E-state index contributed by atoms with van der Waals surface area (Å²) in [6.07, 6.45) is 0.920. The molecule has 0 bridgehead atoms. The Balaban J connectivity index is 1.41. The summed E-state index contributed by atoms with van der Waals surface area (Å²) < 4.78 is 63.9. The molecule has 1 unspecified atom stereocenters. The minimum Gasteiger partial charge on any atom is -0.465 e. The van der Waals surface area contributed by atoms with E-state index in [1.807, 2.05) is 0 Å². The summed E-state index contributed by atoms with van der Waals surface area (Å²) in [5.74, 6) is -5.22. The Kier molecular flexibility index (Phi) is 9.83. The number of anilines is 1. The van der Waals surface area contributed by atoms with E-state index < -0.39 is 52.8 Å². The molecule has 0 aromatic heterocycles. The van der Waals surface area contributed by atoms with Crippen molar-refractivity contribution < 1.29 is 41.8 Å². The van der Waals surface area contributed by atoms with Gasteiger partial charge in [0.25, 0.3) is 0 Å². The number of carbonyl (C=O) groups is 3. The third kappa shape index (κ3) is 7.87. The smallest absolute Gasteiger partial charge is 0.405 e. The number of halogens is 4. The summed E-state index contributed by atoms with van der Waals surface area (Å²) in [5, 5.41) is 17.7. The number of Topliss-reactive ketones (excluding diaryl/α,β-unsaturated/α-hetero) is 1. The lowest BCUT2D eigenvalue weighted by molar-refractivity contribution is -0.151. The van der Waals surface area contributed by atoms with Crippen LogP contribution in [0.4, 0.5) is 28.0 Å². The summed E-state index contributed by atoms with van der Waals surface area (Å²) in [7, 11) is 0. The van der Waals surface area contributed by atoms with Crippen LogP contribution in [-0.2, 0) is 20.7 Å². The second-order valence-corrected chi connectivity index (χ2v) is 11.6. The van der Waals surface area contributed by atoms with E-state index in [-0.39, 0.29) is 40.7 Å². The van der Waals surface area contributed by atoms with Crippen molar-refractivity contribution in [2.75, 3.05) is 18.4 Å². The number of hydrogen-bond acceptors (Lipinski definition) is 5. The molecule has 45 heavy (non-hydrogen) atoms. The third-order valence-corrected chi connectivity index (χ3v) is 8.30. The van der Waals surface area contributed by atoms with E-state index >= 15 is 4.39 Å². The number of carboxylic acid groups (broad SMARTS) is 1. The molecular weight excluding hydrogens is 594 g/mol. The van der Waals surface area contributed by atoms with Gasteiger partial charge in [-0.15, -0.1) is 0 Å². The maximum atomic E-state index is 15.2. The minimum absolute atomic E-state index is 0.0757. The zero-order valence-electron chi connectivity index (χ0n) is 24.3. The number of morpholine rings is 1. The fourth-order valence-corrected chi connectivity index (χ4v) is 6.34. The summed E-state index contributed by atoms with van der Waals surface area (Å²) in [6, 6.07) is 9.68. The molecule has 3 aromatic rings. The molecule has 4 N–H and O–H groups in total. The lowest BCUT2D eigenvalue weighted by atomic mass is 9.82. The van der Waals surface area contributed by atoms with E-state index in [1.54, 1.807) is 0 Å². The van der Waals surface area contributed by atoms with Crippen LogP contribution in [0.5, 0.6) is 0 Å². The number of amides is 2. The highest BCUT2D eigenvalue weighted by Crippen LogP contribution is 2.34. The van der Waals surface area contributed by atoms with Crippen molar-refractivity contribution in [3.8, 4) is 0 Å². The van der Waals surface area contributed by atoms with Crippen LogP contribution in [0, 0.1) is 23.3 Å². The average Bonchev–Trinajstić information content (AvgIpc) is 2.97. The Labute approximate surface area is 257 Å². The molecule has 12 heteroatoms. The van der Waals surface area contributed by atoms with Gasteiger partial charge in [0.05, 0.1) is 11.7 Å². The maximum Gasteiger partial charge on any atom is 0.405 e. The van der Waals surface area contributed by atoms with Crippen molar-refractivity contribution in [1.29, 1.82) is 0 Å². The Hall–Kier alpha value is -4.29. The molecule has 0 radical (unpaired) electrons. The molecular formula is C33H33F4N3O5. The Morgan fingerprint density at radius 3 is 2.42 bits per heavy atom. The lowest BCUT2D eigenvalue weighted by Gasteiger charge is -2.43. The Bertz CT molecular complexity index is 1550.